The molecule has 0 unspecified atom stereocenters. The normalized spacial score (nSPS) is 11.1. The number of anilines is 1. The van der Waals surface area contributed by atoms with Crippen LogP contribution in [0.5, 0.6) is 11.5 Å². The molecule has 0 fully saturated rings. The van der Waals surface area contributed by atoms with Gasteiger partial charge < -0.3 is 20.4 Å². The Morgan fingerprint density at radius 2 is 1.73 bits per heavy atom. The van der Waals surface area contributed by atoms with E-state index >= 15 is 0 Å². The summed E-state index contributed by atoms with van der Waals surface area (Å²) in [7, 11) is 0. The molecular formula is C30H38N3NaO6S. The monoisotopic (exact) mass is 591 g/mol. The Balaban J connectivity index is 0.00000588. The Hall–Kier alpha value is -2.18. The first-order chi connectivity index (χ1) is 19.5. The summed E-state index contributed by atoms with van der Waals surface area (Å²) < 4.78 is 10.6. The Morgan fingerprint density at radius 1 is 0.976 bits per heavy atom. The third-order valence-corrected chi connectivity index (χ3v) is 6.99. The molecule has 0 aliphatic heterocycles. The molecule has 0 bridgehead atoms. The maximum absolute atomic E-state index is 11.5. The minimum absolute atomic E-state index is 0. The largest absolute Gasteiger partial charge is 1.00 e. The number of unbranched alkanes of at least 4 members (excludes halogenated alkanes) is 6. The minimum atomic E-state index is -0.221. The van der Waals surface area contributed by atoms with Crippen LogP contribution in [0.3, 0.4) is 0 Å². The number of hydrogen-bond donors (Lipinski definition) is 2. The van der Waals surface area contributed by atoms with Crippen molar-refractivity contribution < 1.29 is 58.8 Å². The summed E-state index contributed by atoms with van der Waals surface area (Å²) in [6.07, 6.45) is 10.3. The van der Waals surface area contributed by atoms with Gasteiger partial charge in [0.1, 0.15) is 17.1 Å². The molecule has 0 aromatic heterocycles. The third kappa shape index (κ3) is 11.2. The average Bonchev–Trinajstić information content (AvgIpc) is 2.94. The Labute approximate surface area is 268 Å². The summed E-state index contributed by atoms with van der Waals surface area (Å²) in [6.45, 7) is 6.30. The van der Waals surface area contributed by atoms with Crippen molar-refractivity contribution in [1.82, 2.24) is 0 Å². The first-order valence-electron chi connectivity index (χ1n) is 13.8. The molecule has 0 radical (unpaired) electrons. The number of aromatic hydroxyl groups is 1. The molecule has 0 aliphatic carbocycles. The van der Waals surface area contributed by atoms with E-state index < -0.39 is 0 Å². The number of aryl methyl sites for hydroxylation is 1. The number of ether oxygens (including phenoxy) is 1. The number of amides is 1. The van der Waals surface area contributed by atoms with Gasteiger partial charge in [-0.3, -0.25) is 9.83 Å². The average molecular weight is 592 g/mol. The van der Waals surface area contributed by atoms with Gasteiger partial charge in [-0.2, -0.15) is 4.33 Å². The first-order valence-corrected chi connectivity index (χ1v) is 14.6. The van der Waals surface area contributed by atoms with Crippen LogP contribution in [0.25, 0.3) is 10.8 Å². The van der Waals surface area contributed by atoms with Gasteiger partial charge in [0.05, 0.1) is 23.5 Å². The van der Waals surface area contributed by atoms with Gasteiger partial charge in [-0.15, -0.1) is 10.2 Å². The van der Waals surface area contributed by atoms with E-state index in [9.17, 15) is 15.2 Å². The standard InChI is InChI=1S/C30H39N3O6S.Na/c1-4-6-8-9-10-11-12-22-13-16-26(27(18-22)37-17-7-5-2)32-33-29-28(40-39-38-36)20-23-19-24(31-21(3)34)14-15-25(23)30(29)35;/h13-16,18-20,35-36H,4-12,17H2,1-3H3,(H,31,34);/q;+1/p-1. The maximum atomic E-state index is 11.5. The number of fused-ring (bicyclic) bond motifs is 1. The molecule has 0 saturated carbocycles. The van der Waals surface area contributed by atoms with Crippen LogP contribution in [-0.2, 0) is 20.6 Å². The second-order valence-electron chi connectivity index (χ2n) is 9.63. The zero-order valence-corrected chi connectivity index (χ0v) is 27.2. The minimum Gasteiger partial charge on any atom is -0.691 e. The van der Waals surface area contributed by atoms with Gasteiger partial charge >= 0.3 is 29.6 Å². The van der Waals surface area contributed by atoms with Gasteiger partial charge in [-0.25, -0.2) is 0 Å². The first kappa shape index (κ1) is 35.0. The van der Waals surface area contributed by atoms with Crippen LogP contribution in [0.1, 0.15) is 77.7 Å². The molecule has 3 rings (SSSR count). The van der Waals surface area contributed by atoms with Gasteiger partial charge in [0.15, 0.2) is 5.75 Å². The fourth-order valence-electron chi connectivity index (χ4n) is 4.30. The summed E-state index contributed by atoms with van der Waals surface area (Å²) in [5.74, 6) is 0.261. The molecule has 11 heteroatoms. The van der Waals surface area contributed by atoms with Crippen molar-refractivity contribution in [3.8, 4) is 11.5 Å². The number of hydrogen-bond acceptors (Lipinski definition) is 9. The van der Waals surface area contributed by atoms with E-state index in [0.29, 0.717) is 51.4 Å². The molecule has 0 aliphatic rings. The van der Waals surface area contributed by atoms with Crippen LogP contribution in [0, 0.1) is 0 Å². The zero-order chi connectivity index (χ0) is 28.7. The van der Waals surface area contributed by atoms with Crippen LogP contribution in [0.4, 0.5) is 17.1 Å². The summed E-state index contributed by atoms with van der Waals surface area (Å²) in [5.41, 5.74) is 2.38. The molecule has 3 aromatic carbocycles. The van der Waals surface area contributed by atoms with Crippen molar-refractivity contribution in [3.05, 3.63) is 48.0 Å². The fourth-order valence-corrected chi connectivity index (χ4v) is 4.79. The predicted molar refractivity (Wildman–Crippen MR) is 156 cm³/mol. The molecule has 216 valence electrons. The number of benzene rings is 3. The fraction of sp³-hybridized carbons (Fsp3) is 0.433. The molecule has 2 N–H and O–H groups in total. The van der Waals surface area contributed by atoms with E-state index in [1.54, 1.807) is 24.3 Å². The maximum Gasteiger partial charge on any atom is 1.00 e. The third-order valence-electron chi connectivity index (χ3n) is 6.38. The van der Waals surface area contributed by atoms with Gasteiger partial charge in [0.25, 0.3) is 0 Å². The second-order valence-corrected chi connectivity index (χ2v) is 10.4. The van der Waals surface area contributed by atoms with Crippen LogP contribution in [0.2, 0.25) is 0 Å². The van der Waals surface area contributed by atoms with Crippen LogP contribution >= 0.6 is 12.0 Å². The SMILES string of the molecule is CCCCCCCCc1ccc(N=Nc2c(SOO[O-])cc3cc(NC(C)=O)ccc3c2O)c(OCCCC)c1.[Na+]. The number of phenols is 1. The molecular weight excluding hydrogens is 553 g/mol. The molecule has 3 aromatic rings. The smallest absolute Gasteiger partial charge is 0.691 e. The summed E-state index contributed by atoms with van der Waals surface area (Å²) >= 11 is 0.603. The van der Waals surface area contributed by atoms with Crippen molar-refractivity contribution in [2.24, 2.45) is 10.2 Å². The number of nitrogens with zero attached hydrogens (tertiary/aromatic N) is 2. The van der Waals surface area contributed by atoms with Crippen LogP contribution in [0.15, 0.2) is 57.6 Å². The van der Waals surface area contributed by atoms with Crippen molar-refractivity contribution in [3.63, 3.8) is 0 Å². The van der Waals surface area contributed by atoms with E-state index in [1.165, 1.54) is 44.6 Å². The quantitative estimate of drug-likeness (QED) is 0.0550. The summed E-state index contributed by atoms with van der Waals surface area (Å²) in [5, 5.41) is 37.7. The molecule has 0 atom stereocenters. The number of rotatable bonds is 17. The van der Waals surface area contributed by atoms with E-state index in [-0.39, 0.29) is 46.9 Å². The molecule has 0 saturated heterocycles. The second kappa shape index (κ2) is 19.1. The summed E-state index contributed by atoms with van der Waals surface area (Å²) in [6, 6.07) is 12.6. The number of nitrogens with one attached hydrogen (secondary N) is 1. The zero-order valence-electron chi connectivity index (χ0n) is 24.4. The van der Waals surface area contributed by atoms with E-state index in [4.69, 9.17) is 4.74 Å². The van der Waals surface area contributed by atoms with E-state index in [1.807, 2.05) is 18.2 Å². The number of carbonyl (C=O) groups excluding carboxylic acids is 1. The Morgan fingerprint density at radius 3 is 2.46 bits per heavy atom. The summed E-state index contributed by atoms with van der Waals surface area (Å²) in [4.78, 5) is 11.8. The van der Waals surface area contributed by atoms with Crippen molar-refractivity contribution in [2.45, 2.75) is 83.5 Å². The van der Waals surface area contributed by atoms with Gasteiger partial charge in [0.2, 0.25) is 5.91 Å². The van der Waals surface area contributed by atoms with Crippen molar-refractivity contribution in [2.75, 3.05) is 11.9 Å². The molecule has 9 nitrogen and oxygen atoms in total. The van der Waals surface area contributed by atoms with Crippen LogP contribution < -0.4 is 44.9 Å². The van der Waals surface area contributed by atoms with E-state index in [2.05, 4.69) is 38.8 Å². The van der Waals surface area contributed by atoms with Gasteiger partial charge in [-0.1, -0.05) is 58.4 Å². The van der Waals surface area contributed by atoms with Gasteiger partial charge in [0, 0.05) is 18.0 Å². The molecule has 0 heterocycles. The van der Waals surface area contributed by atoms with Crippen LogP contribution in [-0.4, -0.2) is 17.6 Å². The topological polar surface area (TPSA) is 125 Å². The molecule has 1 amide bonds. The number of phenolic OH excluding ortho intramolecular Hbond substituents is 1. The Kier molecular flexibility index (Phi) is 16.3. The molecule has 0 spiro atoms. The van der Waals surface area contributed by atoms with E-state index in [0.717, 1.165) is 25.7 Å². The van der Waals surface area contributed by atoms with Crippen molar-refractivity contribution >= 4 is 45.8 Å². The Bertz CT molecular complexity index is 1290. The van der Waals surface area contributed by atoms with Gasteiger partial charge in [-0.05, 0) is 66.6 Å². The predicted octanol–water partition coefficient (Wildman–Crippen LogP) is 5.24. The van der Waals surface area contributed by atoms with Crippen molar-refractivity contribution in [1.29, 1.82) is 0 Å². The number of carbonyl (C=O) groups is 1. The molecule has 41 heavy (non-hydrogen) atoms. The number of azo groups is 1.